The van der Waals surface area contributed by atoms with Gasteiger partial charge < -0.3 is 4.90 Å². The number of aromatic nitrogens is 1. The van der Waals surface area contributed by atoms with Gasteiger partial charge >= 0.3 is 0 Å². The summed E-state index contributed by atoms with van der Waals surface area (Å²) in [5, 5.41) is 0.584. The van der Waals surface area contributed by atoms with Crippen LogP contribution in [0.15, 0.2) is 72.8 Å². The summed E-state index contributed by atoms with van der Waals surface area (Å²) >= 11 is 1.33. The van der Waals surface area contributed by atoms with Crippen molar-refractivity contribution in [3.8, 4) is 0 Å². The van der Waals surface area contributed by atoms with Gasteiger partial charge in [-0.2, -0.15) is 0 Å². The van der Waals surface area contributed by atoms with Crippen molar-refractivity contribution in [1.29, 1.82) is 0 Å². The van der Waals surface area contributed by atoms with Crippen molar-refractivity contribution in [1.82, 2.24) is 9.88 Å². The number of hydrogen-bond acceptors (Lipinski definition) is 4. The minimum absolute atomic E-state index is 0.104. The lowest BCUT2D eigenvalue weighted by atomic mass is 10.0. The average molecular weight is 434 g/mol. The lowest BCUT2D eigenvalue weighted by Crippen LogP contribution is -2.36. The fourth-order valence-electron chi connectivity index (χ4n) is 3.34. The number of carbonyl (C=O) groups is 1. The molecule has 0 fully saturated rings. The molecule has 0 unspecified atom stereocenters. The second kappa shape index (κ2) is 9.37. The Bertz CT molecular complexity index is 1170. The Balaban J connectivity index is 1.59. The van der Waals surface area contributed by atoms with Crippen LogP contribution < -0.4 is 4.90 Å². The van der Waals surface area contributed by atoms with Crippen LogP contribution >= 0.6 is 11.3 Å². The molecule has 0 radical (unpaired) electrons. The van der Waals surface area contributed by atoms with Gasteiger partial charge in [0.25, 0.3) is 5.91 Å². The third-order valence-electron chi connectivity index (χ3n) is 5.04. The third-order valence-corrected chi connectivity index (χ3v) is 6.08. The van der Waals surface area contributed by atoms with Gasteiger partial charge in [0.05, 0.1) is 10.2 Å². The van der Waals surface area contributed by atoms with Crippen LogP contribution in [0.25, 0.3) is 10.2 Å². The van der Waals surface area contributed by atoms with E-state index in [1.807, 2.05) is 61.5 Å². The van der Waals surface area contributed by atoms with Gasteiger partial charge in [0, 0.05) is 18.7 Å². The Kier molecular flexibility index (Phi) is 6.39. The fourth-order valence-corrected chi connectivity index (χ4v) is 4.35. The van der Waals surface area contributed by atoms with E-state index in [9.17, 15) is 9.18 Å². The lowest BCUT2D eigenvalue weighted by molar-refractivity contribution is 0.0985. The minimum atomic E-state index is -0.303. The second-order valence-corrected chi connectivity index (χ2v) is 8.74. The molecule has 0 bridgehead atoms. The van der Waals surface area contributed by atoms with Gasteiger partial charge in [-0.25, -0.2) is 9.37 Å². The summed E-state index contributed by atoms with van der Waals surface area (Å²) < 4.78 is 14.3. The van der Waals surface area contributed by atoms with E-state index in [-0.39, 0.29) is 11.7 Å². The van der Waals surface area contributed by atoms with E-state index in [0.29, 0.717) is 29.3 Å². The maximum absolute atomic E-state index is 13.6. The molecule has 0 aliphatic rings. The first-order chi connectivity index (χ1) is 15.0. The Morgan fingerprint density at radius 3 is 2.35 bits per heavy atom. The van der Waals surface area contributed by atoms with Gasteiger partial charge in [0.15, 0.2) is 5.13 Å². The molecule has 0 saturated carbocycles. The summed E-state index contributed by atoms with van der Waals surface area (Å²) in [6.07, 6.45) is 0.823. The number of rotatable bonds is 7. The number of fused-ring (bicyclic) bond motifs is 1. The van der Waals surface area contributed by atoms with E-state index < -0.39 is 0 Å². The monoisotopic (exact) mass is 433 g/mol. The van der Waals surface area contributed by atoms with Gasteiger partial charge in [-0.3, -0.25) is 9.69 Å². The molecule has 4 nitrogen and oxygen atoms in total. The molecule has 158 valence electrons. The number of hydrogen-bond donors (Lipinski definition) is 0. The van der Waals surface area contributed by atoms with Crippen LogP contribution in [0.5, 0.6) is 0 Å². The number of thiazole rings is 1. The summed E-state index contributed by atoms with van der Waals surface area (Å²) in [7, 11) is 3.93. The van der Waals surface area contributed by atoms with Gasteiger partial charge in [0.2, 0.25) is 0 Å². The van der Waals surface area contributed by atoms with Gasteiger partial charge in [-0.1, -0.05) is 53.8 Å². The van der Waals surface area contributed by atoms with E-state index in [1.165, 1.54) is 29.0 Å². The molecular weight excluding hydrogens is 409 g/mol. The average Bonchev–Trinajstić information content (AvgIpc) is 3.17. The third kappa shape index (κ3) is 5.16. The topological polar surface area (TPSA) is 36.4 Å². The minimum Gasteiger partial charge on any atom is -0.308 e. The fraction of sp³-hybridized carbons (Fsp3) is 0.200. The SMILES string of the molecule is CN(C)CCN(C(=O)c1ccc(Cc2ccccc2)cc1)c1nc2ccc(F)cc2s1. The van der Waals surface area contributed by atoms with Crippen molar-refractivity contribution in [3.63, 3.8) is 0 Å². The van der Waals surface area contributed by atoms with Crippen molar-refractivity contribution in [3.05, 3.63) is 95.3 Å². The molecule has 1 amide bonds. The Hall–Kier alpha value is -3.09. The second-order valence-electron chi connectivity index (χ2n) is 7.73. The van der Waals surface area contributed by atoms with Crippen LogP contribution in [0.3, 0.4) is 0 Å². The van der Waals surface area contributed by atoms with E-state index in [0.717, 1.165) is 16.7 Å². The molecular formula is C25H24FN3OS. The number of nitrogens with zero attached hydrogens (tertiary/aromatic N) is 3. The number of carbonyl (C=O) groups excluding carboxylic acids is 1. The molecule has 1 aromatic heterocycles. The zero-order valence-electron chi connectivity index (χ0n) is 17.6. The number of halogens is 1. The summed E-state index contributed by atoms with van der Waals surface area (Å²) in [6, 6.07) is 22.5. The zero-order valence-corrected chi connectivity index (χ0v) is 18.4. The summed E-state index contributed by atoms with van der Waals surface area (Å²) in [5.74, 6) is -0.407. The first-order valence-electron chi connectivity index (χ1n) is 10.1. The number of likely N-dealkylation sites (N-methyl/N-ethyl adjacent to an activating group) is 1. The molecule has 0 aliphatic carbocycles. The molecule has 4 rings (SSSR count). The normalized spacial score (nSPS) is 11.2. The number of amides is 1. The summed E-state index contributed by atoms with van der Waals surface area (Å²) in [6.45, 7) is 1.20. The van der Waals surface area contributed by atoms with Gasteiger partial charge in [-0.05, 0) is 62.0 Å². The van der Waals surface area contributed by atoms with Crippen molar-refractivity contribution < 1.29 is 9.18 Å². The van der Waals surface area contributed by atoms with Crippen LogP contribution in [-0.4, -0.2) is 43.0 Å². The first-order valence-corrected chi connectivity index (χ1v) is 11.0. The zero-order chi connectivity index (χ0) is 21.8. The van der Waals surface area contributed by atoms with Crippen molar-refractivity contribution in [2.24, 2.45) is 0 Å². The largest absolute Gasteiger partial charge is 0.308 e. The highest BCUT2D eigenvalue weighted by molar-refractivity contribution is 7.22. The standard InChI is InChI=1S/C25H24FN3OS/c1-28(2)14-15-29(25-27-22-13-12-21(26)17-23(22)31-25)24(30)20-10-8-19(9-11-20)16-18-6-4-3-5-7-18/h3-13,17H,14-16H2,1-2H3. The van der Waals surface area contributed by atoms with Crippen molar-refractivity contribution in [2.75, 3.05) is 32.1 Å². The Morgan fingerprint density at radius 2 is 1.65 bits per heavy atom. The highest BCUT2D eigenvalue weighted by atomic mass is 32.1. The molecule has 31 heavy (non-hydrogen) atoms. The van der Waals surface area contributed by atoms with Crippen LogP contribution in [-0.2, 0) is 6.42 Å². The van der Waals surface area contributed by atoms with E-state index in [2.05, 4.69) is 17.1 Å². The molecule has 4 aromatic rings. The molecule has 0 atom stereocenters. The maximum atomic E-state index is 13.6. The summed E-state index contributed by atoms with van der Waals surface area (Å²) in [5.41, 5.74) is 3.69. The van der Waals surface area contributed by atoms with Crippen LogP contribution in [0, 0.1) is 5.82 Å². The van der Waals surface area contributed by atoms with E-state index in [4.69, 9.17) is 0 Å². The van der Waals surface area contributed by atoms with Crippen molar-refractivity contribution >= 4 is 32.6 Å². The highest BCUT2D eigenvalue weighted by Crippen LogP contribution is 2.30. The van der Waals surface area contributed by atoms with E-state index >= 15 is 0 Å². The van der Waals surface area contributed by atoms with Gasteiger partial charge in [0.1, 0.15) is 5.82 Å². The Labute approximate surface area is 185 Å². The van der Waals surface area contributed by atoms with Crippen molar-refractivity contribution in [2.45, 2.75) is 6.42 Å². The highest BCUT2D eigenvalue weighted by Gasteiger charge is 2.21. The molecule has 6 heteroatoms. The van der Waals surface area contributed by atoms with E-state index in [1.54, 1.807) is 11.0 Å². The molecule has 0 aliphatic heterocycles. The predicted octanol–water partition coefficient (Wildman–Crippen LogP) is 5.23. The van der Waals surface area contributed by atoms with Crippen LogP contribution in [0.1, 0.15) is 21.5 Å². The maximum Gasteiger partial charge on any atom is 0.260 e. The van der Waals surface area contributed by atoms with Crippen LogP contribution in [0.4, 0.5) is 9.52 Å². The molecule has 0 spiro atoms. The number of benzene rings is 3. The Morgan fingerprint density at radius 1 is 0.935 bits per heavy atom. The first kappa shape index (κ1) is 21.2. The smallest absolute Gasteiger partial charge is 0.260 e. The summed E-state index contributed by atoms with van der Waals surface area (Å²) in [4.78, 5) is 21.7. The molecule has 3 aromatic carbocycles. The quantitative estimate of drug-likeness (QED) is 0.400. The lowest BCUT2D eigenvalue weighted by Gasteiger charge is -2.22. The molecule has 1 heterocycles. The molecule has 0 saturated heterocycles. The molecule has 0 N–H and O–H groups in total. The number of anilines is 1. The van der Waals surface area contributed by atoms with Crippen LogP contribution in [0.2, 0.25) is 0 Å². The predicted molar refractivity (Wildman–Crippen MR) is 125 cm³/mol. The van der Waals surface area contributed by atoms with Gasteiger partial charge in [-0.15, -0.1) is 0 Å².